The van der Waals surface area contributed by atoms with Crippen molar-refractivity contribution in [1.29, 1.82) is 0 Å². The number of hydrogen-bond acceptors (Lipinski definition) is 1. The summed E-state index contributed by atoms with van der Waals surface area (Å²) in [4.78, 5) is 12.8. The van der Waals surface area contributed by atoms with E-state index in [-0.39, 0.29) is 0 Å². The van der Waals surface area contributed by atoms with Crippen LogP contribution in [0.2, 0.25) is 0 Å². The molecule has 5 heteroatoms. The average molecular weight is 177 g/mol. The Labute approximate surface area is 66.4 Å². The van der Waals surface area contributed by atoms with E-state index in [2.05, 4.69) is 4.98 Å². The van der Waals surface area contributed by atoms with E-state index >= 15 is 0 Å². The van der Waals surface area contributed by atoms with Gasteiger partial charge in [0.05, 0.1) is 5.69 Å². The van der Waals surface area contributed by atoms with Crippen LogP contribution in [0.1, 0.15) is 16.2 Å². The highest BCUT2D eigenvalue weighted by molar-refractivity contribution is 5.98. The molecule has 0 spiro atoms. The van der Waals surface area contributed by atoms with Crippen molar-refractivity contribution >= 4 is 5.78 Å². The van der Waals surface area contributed by atoms with Gasteiger partial charge in [-0.3, -0.25) is 4.79 Å². The molecular formula is C7H6F3NO. The fourth-order valence-electron chi connectivity index (χ4n) is 0.789. The molecule has 1 heterocycles. The van der Waals surface area contributed by atoms with Crippen LogP contribution in [0, 0.1) is 6.92 Å². The lowest BCUT2D eigenvalue weighted by molar-refractivity contribution is -0.0887. The van der Waals surface area contributed by atoms with Gasteiger partial charge in [0.15, 0.2) is 0 Å². The number of hydrogen-bond donors (Lipinski definition) is 1. The summed E-state index contributed by atoms with van der Waals surface area (Å²) in [5.74, 6) is -1.84. The predicted octanol–water partition coefficient (Wildman–Crippen LogP) is 2.07. The lowest BCUT2D eigenvalue weighted by atomic mass is 10.3. The molecule has 1 rings (SSSR count). The van der Waals surface area contributed by atoms with E-state index in [0.717, 1.165) is 6.07 Å². The predicted molar refractivity (Wildman–Crippen MR) is 35.9 cm³/mol. The third-order valence-corrected chi connectivity index (χ3v) is 1.33. The fraction of sp³-hybridized carbons (Fsp3) is 0.286. The van der Waals surface area contributed by atoms with Crippen molar-refractivity contribution in [2.24, 2.45) is 0 Å². The van der Waals surface area contributed by atoms with Gasteiger partial charge < -0.3 is 4.98 Å². The van der Waals surface area contributed by atoms with Crippen LogP contribution in [-0.2, 0) is 0 Å². The van der Waals surface area contributed by atoms with Crippen LogP contribution in [0.3, 0.4) is 0 Å². The summed E-state index contributed by atoms with van der Waals surface area (Å²) in [6.45, 7) is 1.58. The Balaban J connectivity index is 2.93. The van der Waals surface area contributed by atoms with Crippen LogP contribution >= 0.6 is 0 Å². The van der Waals surface area contributed by atoms with Gasteiger partial charge in [0.1, 0.15) is 0 Å². The topological polar surface area (TPSA) is 32.9 Å². The van der Waals surface area contributed by atoms with Crippen LogP contribution in [-0.4, -0.2) is 16.9 Å². The van der Waals surface area contributed by atoms with Crippen LogP contribution in [0.25, 0.3) is 0 Å². The van der Waals surface area contributed by atoms with Crippen molar-refractivity contribution < 1.29 is 18.0 Å². The summed E-state index contributed by atoms with van der Waals surface area (Å²) in [5, 5.41) is 0. The maximum atomic E-state index is 11.8. The maximum Gasteiger partial charge on any atom is 0.456 e. The minimum atomic E-state index is -4.79. The van der Waals surface area contributed by atoms with Gasteiger partial charge in [-0.1, -0.05) is 0 Å². The first kappa shape index (κ1) is 8.83. The zero-order chi connectivity index (χ0) is 9.35. The van der Waals surface area contributed by atoms with E-state index in [1.54, 1.807) is 6.92 Å². The zero-order valence-corrected chi connectivity index (χ0v) is 6.20. The van der Waals surface area contributed by atoms with Gasteiger partial charge in [-0.2, -0.15) is 13.2 Å². The molecule has 0 aliphatic heterocycles. The van der Waals surface area contributed by atoms with Crippen molar-refractivity contribution in [3.05, 3.63) is 23.5 Å². The van der Waals surface area contributed by atoms with Crippen molar-refractivity contribution in [2.45, 2.75) is 13.1 Å². The van der Waals surface area contributed by atoms with Gasteiger partial charge in [0.25, 0.3) is 5.78 Å². The monoisotopic (exact) mass is 177 g/mol. The van der Waals surface area contributed by atoms with E-state index in [9.17, 15) is 18.0 Å². The molecular weight excluding hydrogens is 171 g/mol. The quantitative estimate of drug-likeness (QED) is 0.654. The summed E-state index contributed by atoms with van der Waals surface area (Å²) in [5.41, 5.74) is 0.114. The average Bonchev–Trinajstić information content (AvgIpc) is 2.32. The van der Waals surface area contributed by atoms with Crippen molar-refractivity contribution in [3.63, 3.8) is 0 Å². The Morgan fingerprint density at radius 1 is 1.42 bits per heavy atom. The molecule has 0 unspecified atom stereocenters. The van der Waals surface area contributed by atoms with Gasteiger partial charge in [-0.15, -0.1) is 0 Å². The maximum absolute atomic E-state index is 11.8. The number of Topliss-reactive ketones (excluding diaryl/α,β-unsaturated/α-hetero) is 1. The number of aromatic amines is 1. The Hall–Kier alpha value is -1.26. The number of H-pyrrole nitrogens is 1. The first-order chi connectivity index (χ1) is 5.41. The molecule has 0 saturated carbocycles. The molecule has 0 aliphatic rings. The fourth-order valence-corrected chi connectivity index (χ4v) is 0.789. The standard InChI is InChI=1S/C7H6F3NO/c1-4-2-3-5(11-4)6(12)7(8,9)10/h2-3,11H,1H3. The van der Waals surface area contributed by atoms with Gasteiger partial charge >= 0.3 is 6.18 Å². The normalized spacial score (nSPS) is 11.7. The van der Waals surface area contributed by atoms with E-state index in [4.69, 9.17) is 0 Å². The van der Waals surface area contributed by atoms with Crippen LogP contribution in [0.4, 0.5) is 13.2 Å². The molecule has 1 aromatic heterocycles. The van der Waals surface area contributed by atoms with Gasteiger partial charge in [0.2, 0.25) is 0 Å². The van der Waals surface area contributed by atoms with E-state index in [1.165, 1.54) is 6.07 Å². The SMILES string of the molecule is Cc1ccc(C(=O)C(F)(F)F)[nH]1. The molecule has 0 radical (unpaired) electrons. The van der Waals surface area contributed by atoms with E-state index in [1.807, 2.05) is 0 Å². The molecule has 0 aromatic carbocycles. The summed E-state index contributed by atoms with van der Waals surface area (Å²) in [6, 6.07) is 2.53. The molecule has 1 N–H and O–H groups in total. The minimum Gasteiger partial charge on any atom is -0.356 e. The lowest BCUT2D eigenvalue weighted by Crippen LogP contribution is -2.22. The first-order valence-electron chi connectivity index (χ1n) is 3.18. The third kappa shape index (κ3) is 1.66. The highest BCUT2D eigenvalue weighted by Crippen LogP contribution is 2.20. The molecule has 1 aromatic rings. The Morgan fingerprint density at radius 3 is 2.33 bits per heavy atom. The Morgan fingerprint density at radius 2 is 2.00 bits per heavy atom. The molecule has 0 atom stereocenters. The number of aryl methyl sites for hydroxylation is 1. The smallest absolute Gasteiger partial charge is 0.356 e. The number of rotatable bonds is 1. The van der Waals surface area contributed by atoms with Crippen molar-refractivity contribution in [3.8, 4) is 0 Å². The van der Waals surface area contributed by atoms with Gasteiger partial charge in [0, 0.05) is 5.69 Å². The molecule has 12 heavy (non-hydrogen) atoms. The summed E-state index contributed by atoms with van der Waals surface area (Å²) in [6.07, 6.45) is -4.79. The number of alkyl halides is 3. The van der Waals surface area contributed by atoms with Crippen LogP contribution in [0.5, 0.6) is 0 Å². The first-order valence-corrected chi connectivity index (χ1v) is 3.18. The third-order valence-electron chi connectivity index (χ3n) is 1.33. The molecule has 0 fully saturated rings. The van der Waals surface area contributed by atoms with Crippen LogP contribution in [0.15, 0.2) is 12.1 Å². The summed E-state index contributed by atoms with van der Waals surface area (Å²) >= 11 is 0. The number of nitrogens with one attached hydrogen (secondary N) is 1. The summed E-state index contributed by atoms with van der Waals surface area (Å²) < 4.78 is 35.3. The zero-order valence-electron chi connectivity index (χ0n) is 6.20. The molecule has 66 valence electrons. The highest BCUT2D eigenvalue weighted by Gasteiger charge is 2.39. The van der Waals surface area contributed by atoms with Crippen LogP contribution < -0.4 is 0 Å². The minimum absolute atomic E-state index is 0.417. The highest BCUT2D eigenvalue weighted by atomic mass is 19.4. The number of carbonyl (C=O) groups excluding carboxylic acids is 1. The second kappa shape index (κ2) is 2.66. The van der Waals surface area contributed by atoms with Crippen molar-refractivity contribution in [1.82, 2.24) is 4.98 Å². The number of aromatic nitrogens is 1. The number of carbonyl (C=O) groups is 1. The molecule has 0 aliphatic carbocycles. The van der Waals surface area contributed by atoms with Gasteiger partial charge in [-0.25, -0.2) is 0 Å². The summed E-state index contributed by atoms with van der Waals surface area (Å²) in [7, 11) is 0. The largest absolute Gasteiger partial charge is 0.456 e. The molecule has 0 saturated heterocycles. The Kier molecular flexibility index (Phi) is 1.95. The van der Waals surface area contributed by atoms with Gasteiger partial charge in [-0.05, 0) is 19.1 Å². The molecule has 0 amide bonds. The second-order valence-corrected chi connectivity index (χ2v) is 2.38. The number of halogens is 3. The second-order valence-electron chi connectivity index (χ2n) is 2.38. The van der Waals surface area contributed by atoms with E-state index < -0.39 is 17.7 Å². The van der Waals surface area contributed by atoms with E-state index in [0.29, 0.717) is 5.69 Å². The molecule has 0 bridgehead atoms. The lowest BCUT2D eigenvalue weighted by Gasteiger charge is -2.01. The number of ketones is 1. The molecule has 2 nitrogen and oxygen atoms in total. The van der Waals surface area contributed by atoms with Crippen molar-refractivity contribution in [2.75, 3.05) is 0 Å². The Bertz CT molecular complexity index is 300.